The molecular weight excluding hydrogens is 376 g/mol. The zero-order chi connectivity index (χ0) is 21.1. The molecule has 0 saturated carbocycles. The molecule has 28 heavy (non-hydrogen) atoms. The van der Waals surface area contributed by atoms with Crippen LogP contribution in [0.4, 0.5) is 11.4 Å². The number of carbonyl (C=O) groups excluding carboxylic acids is 1. The minimum absolute atomic E-state index is 0.0466. The Hall–Kier alpha value is -2.54. The lowest BCUT2D eigenvalue weighted by Crippen LogP contribution is -2.17. The number of methoxy groups -OCH3 is 1. The largest absolute Gasteiger partial charge is 0.495 e. The Labute approximate surface area is 167 Å². The smallest absolute Gasteiger partial charge is 0.261 e. The van der Waals surface area contributed by atoms with E-state index >= 15 is 0 Å². The Morgan fingerprint density at radius 1 is 1.00 bits per heavy atom. The van der Waals surface area contributed by atoms with Gasteiger partial charge in [-0.3, -0.25) is 9.52 Å². The quantitative estimate of drug-likeness (QED) is 0.700. The van der Waals surface area contributed by atoms with Crippen molar-refractivity contribution >= 4 is 27.3 Å². The van der Waals surface area contributed by atoms with E-state index in [1.807, 2.05) is 45.9 Å². The van der Waals surface area contributed by atoms with Gasteiger partial charge in [-0.05, 0) is 41.2 Å². The number of anilines is 2. The van der Waals surface area contributed by atoms with Crippen molar-refractivity contribution in [2.45, 2.75) is 51.3 Å². The molecule has 2 rings (SSSR count). The molecule has 0 bridgehead atoms. The standard InChI is InChI=1S/C21H28N2O4S/c1-13(2)17-8-7-9-18(14(3)4)21(17)23-28(25,26)16-10-11-20(27-6)19(12-16)22-15(5)24/h7-14,23H,1-6H3,(H,22,24). The van der Waals surface area contributed by atoms with Gasteiger partial charge >= 0.3 is 0 Å². The van der Waals surface area contributed by atoms with Crippen molar-refractivity contribution in [2.75, 3.05) is 17.1 Å². The third-order valence-corrected chi connectivity index (χ3v) is 5.75. The van der Waals surface area contributed by atoms with Gasteiger partial charge in [0.2, 0.25) is 5.91 Å². The molecule has 7 heteroatoms. The Kier molecular flexibility index (Phi) is 6.72. The summed E-state index contributed by atoms with van der Waals surface area (Å²) in [4.78, 5) is 11.5. The average Bonchev–Trinajstić information content (AvgIpc) is 2.60. The van der Waals surface area contributed by atoms with Gasteiger partial charge in [0.1, 0.15) is 5.75 Å². The van der Waals surface area contributed by atoms with E-state index in [9.17, 15) is 13.2 Å². The van der Waals surface area contributed by atoms with E-state index in [-0.39, 0.29) is 22.6 Å². The molecule has 2 aromatic carbocycles. The number of ether oxygens (including phenoxy) is 1. The van der Waals surface area contributed by atoms with Gasteiger partial charge in [0, 0.05) is 6.92 Å². The fourth-order valence-electron chi connectivity index (χ4n) is 3.00. The van der Waals surface area contributed by atoms with Crippen LogP contribution in [0.5, 0.6) is 5.75 Å². The van der Waals surface area contributed by atoms with E-state index in [4.69, 9.17) is 4.74 Å². The van der Waals surface area contributed by atoms with Crippen LogP contribution in [0.25, 0.3) is 0 Å². The number of carbonyl (C=O) groups is 1. The van der Waals surface area contributed by atoms with Crippen LogP contribution >= 0.6 is 0 Å². The van der Waals surface area contributed by atoms with Crippen LogP contribution in [0, 0.1) is 0 Å². The van der Waals surface area contributed by atoms with Crippen molar-refractivity contribution in [1.29, 1.82) is 0 Å². The van der Waals surface area contributed by atoms with Crippen LogP contribution < -0.4 is 14.8 Å². The SMILES string of the molecule is COc1ccc(S(=O)(=O)Nc2c(C(C)C)cccc2C(C)C)cc1NC(C)=O. The molecule has 2 N–H and O–H groups in total. The third-order valence-electron chi connectivity index (χ3n) is 4.40. The maximum Gasteiger partial charge on any atom is 0.261 e. The molecule has 0 fully saturated rings. The predicted molar refractivity (Wildman–Crippen MR) is 113 cm³/mol. The van der Waals surface area contributed by atoms with Crippen molar-refractivity contribution < 1.29 is 17.9 Å². The van der Waals surface area contributed by atoms with Crippen LogP contribution in [0.1, 0.15) is 57.6 Å². The summed E-state index contributed by atoms with van der Waals surface area (Å²) in [5.74, 6) is 0.386. The lowest BCUT2D eigenvalue weighted by atomic mass is 9.93. The lowest BCUT2D eigenvalue weighted by Gasteiger charge is -2.21. The first-order chi connectivity index (χ1) is 13.1. The zero-order valence-electron chi connectivity index (χ0n) is 17.2. The second-order valence-corrected chi connectivity index (χ2v) is 8.95. The minimum atomic E-state index is -3.87. The Bertz CT molecular complexity index is 940. The number of amides is 1. The number of rotatable bonds is 7. The van der Waals surface area contributed by atoms with Gasteiger partial charge in [-0.1, -0.05) is 45.9 Å². The fourth-order valence-corrected chi connectivity index (χ4v) is 4.15. The van der Waals surface area contributed by atoms with E-state index in [1.54, 1.807) is 0 Å². The van der Waals surface area contributed by atoms with E-state index in [0.29, 0.717) is 17.1 Å². The van der Waals surface area contributed by atoms with Crippen LogP contribution in [-0.2, 0) is 14.8 Å². The Morgan fingerprint density at radius 3 is 2.04 bits per heavy atom. The highest BCUT2D eigenvalue weighted by molar-refractivity contribution is 7.92. The lowest BCUT2D eigenvalue weighted by molar-refractivity contribution is -0.114. The summed E-state index contributed by atoms with van der Waals surface area (Å²) in [6, 6.07) is 10.2. The topological polar surface area (TPSA) is 84.5 Å². The van der Waals surface area contributed by atoms with Crippen molar-refractivity contribution in [2.24, 2.45) is 0 Å². The summed E-state index contributed by atoms with van der Waals surface area (Å²) >= 11 is 0. The average molecular weight is 405 g/mol. The molecular formula is C21H28N2O4S. The summed E-state index contributed by atoms with van der Waals surface area (Å²) in [5, 5.41) is 2.60. The van der Waals surface area contributed by atoms with E-state index < -0.39 is 10.0 Å². The Balaban J connectivity index is 2.54. The van der Waals surface area contributed by atoms with Gasteiger partial charge in [-0.15, -0.1) is 0 Å². The normalized spacial score (nSPS) is 11.6. The molecule has 0 heterocycles. The molecule has 6 nitrogen and oxygen atoms in total. The number of nitrogens with one attached hydrogen (secondary N) is 2. The fraction of sp³-hybridized carbons (Fsp3) is 0.381. The molecule has 0 saturated heterocycles. The summed E-state index contributed by atoms with van der Waals surface area (Å²) < 4.78 is 34.2. The third kappa shape index (κ3) is 4.84. The predicted octanol–water partition coefficient (Wildman–Crippen LogP) is 4.70. The first-order valence-electron chi connectivity index (χ1n) is 9.18. The highest BCUT2D eigenvalue weighted by Crippen LogP contribution is 2.35. The summed E-state index contributed by atoms with van der Waals surface area (Å²) in [7, 11) is -2.41. The van der Waals surface area contributed by atoms with Gasteiger partial charge in [-0.25, -0.2) is 8.42 Å². The van der Waals surface area contributed by atoms with Crippen LogP contribution in [0.3, 0.4) is 0 Å². The van der Waals surface area contributed by atoms with Gasteiger partial charge in [0.15, 0.2) is 0 Å². The van der Waals surface area contributed by atoms with Crippen molar-refractivity contribution in [3.05, 3.63) is 47.5 Å². The zero-order valence-corrected chi connectivity index (χ0v) is 18.0. The number of sulfonamides is 1. The number of benzene rings is 2. The first kappa shape index (κ1) is 21.8. The minimum Gasteiger partial charge on any atom is -0.495 e. The van der Waals surface area contributed by atoms with Crippen LogP contribution in [-0.4, -0.2) is 21.4 Å². The molecule has 0 spiro atoms. The van der Waals surface area contributed by atoms with E-state index in [1.165, 1.54) is 32.2 Å². The molecule has 0 aliphatic heterocycles. The van der Waals surface area contributed by atoms with Crippen molar-refractivity contribution in [3.63, 3.8) is 0 Å². The molecule has 0 radical (unpaired) electrons. The maximum absolute atomic E-state index is 13.1. The second-order valence-electron chi connectivity index (χ2n) is 7.27. The van der Waals surface area contributed by atoms with E-state index in [2.05, 4.69) is 10.0 Å². The van der Waals surface area contributed by atoms with Crippen LogP contribution in [0.15, 0.2) is 41.3 Å². The molecule has 0 aliphatic carbocycles. The molecule has 0 aromatic heterocycles. The number of para-hydroxylation sites is 1. The molecule has 2 aromatic rings. The monoisotopic (exact) mass is 404 g/mol. The molecule has 0 aliphatic rings. The molecule has 1 amide bonds. The van der Waals surface area contributed by atoms with Gasteiger partial charge < -0.3 is 10.1 Å². The van der Waals surface area contributed by atoms with Gasteiger partial charge in [-0.2, -0.15) is 0 Å². The molecule has 152 valence electrons. The summed E-state index contributed by atoms with van der Waals surface area (Å²) in [6.45, 7) is 9.46. The highest BCUT2D eigenvalue weighted by Gasteiger charge is 2.22. The Morgan fingerprint density at radius 2 is 1.57 bits per heavy atom. The van der Waals surface area contributed by atoms with Crippen LogP contribution in [0.2, 0.25) is 0 Å². The number of hydrogen-bond acceptors (Lipinski definition) is 4. The summed E-state index contributed by atoms with van der Waals surface area (Å²) in [6.07, 6.45) is 0. The summed E-state index contributed by atoms with van der Waals surface area (Å²) in [5.41, 5.74) is 2.79. The van der Waals surface area contributed by atoms with Gasteiger partial charge in [0.05, 0.1) is 23.4 Å². The first-order valence-corrected chi connectivity index (χ1v) is 10.7. The second kappa shape index (κ2) is 8.65. The molecule has 0 atom stereocenters. The van der Waals surface area contributed by atoms with Crippen molar-refractivity contribution in [3.8, 4) is 5.75 Å². The highest BCUT2D eigenvalue weighted by atomic mass is 32.2. The maximum atomic E-state index is 13.1. The van der Waals surface area contributed by atoms with Gasteiger partial charge in [0.25, 0.3) is 10.0 Å². The van der Waals surface area contributed by atoms with Crippen molar-refractivity contribution in [1.82, 2.24) is 0 Å². The van der Waals surface area contributed by atoms with E-state index in [0.717, 1.165) is 11.1 Å². The number of hydrogen-bond donors (Lipinski definition) is 2. The molecule has 0 unspecified atom stereocenters.